The molecular weight excluding hydrogens is 467 g/mol. The summed E-state index contributed by atoms with van der Waals surface area (Å²) in [7, 11) is -5.86. The van der Waals surface area contributed by atoms with Crippen molar-refractivity contribution < 1.29 is 40.1 Å². The van der Waals surface area contributed by atoms with Crippen molar-refractivity contribution in [1.82, 2.24) is 4.57 Å². The van der Waals surface area contributed by atoms with Crippen LogP contribution in [0.2, 0.25) is 0 Å². The van der Waals surface area contributed by atoms with Crippen molar-refractivity contribution in [2.24, 2.45) is 5.41 Å². The summed E-state index contributed by atoms with van der Waals surface area (Å²) in [4.78, 5) is 23.9. The van der Waals surface area contributed by atoms with Gasteiger partial charge < -0.3 is 18.3 Å². The van der Waals surface area contributed by atoms with E-state index in [1.165, 1.54) is 12.3 Å². The Kier molecular flexibility index (Phi) is 4.93. The number of fused-ring (bicyclic) bond motifs is 5. The Labute approximate surface area is 185 Å². The van der Waals surface area contributed by atoms with Crippen LogP contribution in [0.1, 0.15) is 42.7 Å². The maximum absolute atomic E-state index is 12.7. The molecule has 4 rings (SSSR count). The van der Waals surface area contributed by atoms with Gasteiger partial charge in [0.25, 0.3) is 0 Å². The number of pyridine rings is 1. The second-order valence-corrected chi connectivity index (χ2v) is 10.3. The molecule has 176 valence electrons. The molecule has 12 heteroatoms. The number of rotatable bonds is 3. The first-order valence-electron chi connectivity index (χ1n) is 9.66. The Morgan fingerprint density at radius 3 is 2.45 bits per heavy atom. The largest absolute Gasteiger partial charge is 0.534 e. The number of alkyl halides is 3. The van der Waals surface area contributed by atoms with E-state index in [0.29, 0.717) is 23.1 Å². The third-order valence-corrected chi connectivity index (χ3v) is 6.51. The minimum atomic E-state index is -5.86. The van der Waals surface area contributed by atoms with Gasteiger partial charge in [0.05, 0.1) is 5.69 Å². The second-order valence-electron chi connectivity index (χ2n) is 8.79. The molecule has 3 heterocycles. The number of aromatic nitrogens is 1. The highest BCUT2D eigenvalue weighted by molar-refractivity contribution is 7.88. The fraction of sp³-hybridized carbons (Fsp3) is 0.333. The predicted octanol–water partition coefficient (Wildman–Crippen LogP) is 4.33. The lowest BCUT2D eigenvalue weighted by atomic mass is 9.80. The molecule has 33 heavy (non-hydrogen) atoms. The van der Waals surface area contributed by atoms with Gasteiger partial charge in [-0.15, -0.1) is 0 Å². The number of carboxylic acids is 1. The van der Waals surface area contributed by atoms with E-state index < -0.39 is 38.3 Å². The van der Waals surface area contributed by atoms with Gasteiger partial charge in [0, 0.05) is 35.3 Å². The molecule has 1 aromatic carbocycles. The number of furan rings is 1. The summed E-state index contributed by atoms with van der Waals surface area (Å²) < 4.78 is 72.3. The molecule has 1 N–H and O–H groups in total. The minimum absolute atomic E-state index is 0.0609. The van der Waals surface area contributed by atoms with E-state index in [0.717, 1.165) is 18.2 Å². The van der Waals surface area contributed by atoms with Crippen molar-refractivity contribution in [1.29, 1.82) is 0 Å². The summed E-state index contributed by atoms with van der Waals surface area (Å²) in [5, 5.41) is 9.88. The molecule has 0 radical (unpaired) electrons. The molecule has 0 saturated carbocycles. The van der Waals surface area contributed by atoms with E-state index in [2.05, 4.69) is 4.18 Å². The number of carboxylic acid groups (broad SMARTS) is 1. The van der Waals surface area contributed by atoms with Gasteiger partial charge in [0.15, 0.2) is 11.2 Å². The number of hydrogen-bond acceptors (Lipinski definition) is 6. The minimum Gasteiger partial charge on any atom is -0.477 e. The van der Waals surface area contributed by atoms with Crippen molar-refractivity contribution in [2.75, 3.05) is 0 Å². The molecule has 1 unspecified atom stereocenters. The predicted molar refractivity (Wildman–Crippen MR) is 111 cm³/mol. The Morgan fingerprint density at radius 1 is 1.21 bits per heavy atom. The Hall–Kier alpha value is -3.28. The van der Waals surface area contributed by atoms with Crippen molar-refractivity contribution in [3.05, 3.63) is 51.8 Å². The number of hydrogen-bond donors (Lipinski definition) is 1. The van der Waals surface area contributed by atoms with Crippen LogP contribution in [0.5, 0.6) is 5.75 Å². The molecule has 3 aromatic rings. The molecule has 1 aliphatic heterocycles. The van der Waals surface area contributed by atoms with E-state index >= 15 is 0 Å². The first-order chi connectivity index (χ1) is 15.1. The summed E-state index contributed by atoms with van der Waals surface area (Å²) in [6.07, 6.45) is 1.64. The van der Waals surface area contributed by atoms with E-state index in [1.54, 1.807) is 4.57 Å². The summed E-state index contributed by atoms with van der Waals surface area (Å²) in [5.74, 6) is -1.71. The molecule has 8 nitrogen and oxygen atoms in total. The molecule has 1 aliphatic rings. The van der Waals surface area contributed by atoms with Crippen LogP contribution in [-0.4, -0.2) is 29.6 Å². The Bertz CT molecular complexity index is 1460. The molecule has 0 fully saturated rings. The van der Waals surface area contributed by atoms with Gasteiger partial charge in [0.2, 0.25) is 0 Å². The number of nitrogens with zero attached hydrogens (tertiary/aromatic N) is 1. The molecule has 0 bridgehead atoms. The maximum Gasteiger partial charge on any atom is 0.534 e. The first-order valence-corrected chi connectivity index (χ1v) is 11.1. The normalized spacial score (nSPS) is 16.4. The molecule has 0 spiro atoms. The van der Waals surface area contributed by atoms with Crippen LogP contribution < -0.4 is 9.61 Å². The van der Waals surface area contributed by atoms with Crippen molar-refractivity contribution in [3.63, 3.8) is 0 Å². The maximum atomic E-state index is 12.7. The average molecular weight is 485 g/mol. The lowest BCUT2D eigenvalue weighted by molar-refractivity contribution is -0.0500. The topological polar surface area (TPSA) is 116 Å². The molecule has 0 amide bonds. The van der Waals surface area contributed by atoms with Crippen molar-refractivity contribution in [3.8, 4) is 17.2 Å². The van der Waals surface area contributed by atoms with E-state index in [1.807, 2.05) is 20.8 Å². The summed E-state index contributed by atoms with van der Waals surface area (Å²) in [6.45, 7) is 5.84. The number of carbonyl (C=O) groups is 1. The Balaban J connectivity index is 1.91. The third kappa shape index (κ3) is 3.77. The number of halogens is 3. The van der Waals surface area contributed by atoms with Gasteiger partial charge in [-0.2, -0.15) is 21.6 Å². The van der Waals surface area contributed by atoms with Gasteiger partial charge in [-0.05, 0) is 24.0 Å². The molecular formula is C21H18F3NO7S. The van der Waals surface area contributed by atoms with Gasteiger partial charge in [-0.1, -0.05) is 20.8 Å². The molecule has 1 atom stereocenters. The summed E-state index contributed by atoms with van der Waals surface area (Å²) >= 11 is 0. The van der Waals surface area contributed by atoms with Gasteiger partial charge >= 0.3 is 21.6 Å². The fourth-order valence-corrected chi connectivity index (χ4v) is 4.38. The van der Waals surface area contributed by atoms with Crippen LogP contribution in [-0.2, 0) is 16.5 Å². The van der Waals surface area contributed by atoms with E-state index in [4.69, 9.17) is 4.42 Å². The average Bonchev–Trinajstić information content (AvgIpc) is 3.02. The van der Waals surface area contributed by atoms with Crippen LogP contribution in [0.4, 0.5) is 13.2 Å². The van der Waals surface area contributed by atoms with E-state index in [9.17, 15) is 36.3 Å². The van der Waals surface area contributed by atoms with Crippen molar-refractivity contribution >= 4 is 27.1 Å². The van der Waals surface area contributed by atoms with Crippen LogP contribution in [0.25, 0.3) is 22.4 Å². The summed E-state index contributed by atoms with van der Waals surface area (Å²) in [5.41, 5.74) is -6.05. The van der Waals surface area contributed by atoms with Crippen LogP contribution >= 0.6 is 0 Å². The monoisotopic (exact) mass is 485 g/mol. The van der Waals surface area contributed by atoms with Crippen molar-refractivity contribution in [2.45, 2.75) is 38.7 Å². The third-order valence-electron chi connectivity index (χ3n) is 5.53. The van der Waals surface area contributed by atoms with Gasteiger partial charge in [-0.25, -0.2) is 4.79 Å². The lowest BCUT2D eigenvalue weighted by Crippen LogP contribution is -2.32. The summed E-state index contributed by atoms with van der Waals surface area (Å²) in [6, 6.07) is 4.37. The smallest absolute Gasteiger partial charge is 0.477 e. The fourth-order valence-electron chi connectivity index (χ4n) is 3.93. The number of benzene rings is 1. The van der Waals surface area contributed by atoms with Crippen LogP contribution in [0.3, 0.4) is 0 Å². The highest BCUT2D eigenvalue weighted by Gasteiger charge is 2.48. The zero-order chi connectivity index (χ0) is 24.5. The zero-order valence-electron chi connectivity index (χ0n) is 17.6. The first kappa shape index (κ1) is 22.9. The Morgan fingerprint density at radius 2 is 1.88 bits per heavy atom. The molecule has 0 aliphatic carbocycles. The molecule has 2 aromatic heterocycles. The zero-order valence-corrected chi connectivity index (χ0v) is 18.4. The standard InChI is InChI=1S/C21H18F3NO7S/c1-20(2,3)17-7-12-11-5-4-10(32-33(29,30)21(22,23)24)6-16(11)31-18(12)14-8-15(26)13(19(27)28)9-25(14)17/h4-6,8-9,17H,7H2,1-3H3,(H,27,28). The highest BCUT2D eigenvalue weighted by Crippen LogP contribution is 2.46. The lowest BCUT2D eigenvalue weighted by Gasteiger charge is -2.37. The van der Waals surface area contributed by atoms with Gasteiger partial charge in [0.1, 0.15) is 16.9 Å². The molecule has 0 saturated heterocycles. The van der Waals surface area contributed by atoms with Crippen LogP contribution in [0, 0.1) is 5.41 Å². The second kappa shape index (κ2) is 7.11. The number of aromatic carboxylic acids is 1. The van der Waals surface area contributed by atoms with E-state index in [-0.39, 0.29) is 22.8 Å². The SMILES string of the molecule is CC(C)(C)C1Cc2c(oc3cc(OS(=O)(=O)C(F)(F)F)ccc23)-c2cc(=O)c(C(=O)O)cn21. The quantitative estimate of drug-likeness (QED) is 0.434. The highest BCUT2D eigenvalue weighted by atomic mass is 32.2. The van der Waals surface area contributed by atoms with Crippen LogP contribution in [0.15, 0.2) is 39.7 Å². The van der Waals surface area contributed by atoms with Gasteiger partial charge in [-0.3, -0.25) is 4.79 Å².